The number of rotatable bonds is 3. The predicted octanol–water partition coefficient (Wildman–Crippen LogP) is 3.78. The highest BCUT2D eigenvalue weighted by atomic mass is 32.2. The van der Waals surface area contributed by atoms with Gasteiger partial charge in [0, 0.05) is 17.8 Å². The van der Waals surface area contributed by atoms with Crippen molar-refractivity contribution < 1.29 is 18.1 Å². The van der Waals surface area contributed by atoms with Crippen LogP contribution in [-0.4, -0.2) is 10.5 Å². The fourth-order valence-corrected chi connectivity index (χ4v) is 4.43. The minimum atomic E-state index is -1.87. The standard InChI is InChI=1S/C18H16F2N2O2S/c1-10-7-12(22-25(24)15-4-3-11(19)8-14(15)20)9-13-16(10)21-17(23)18(13)5-2-6-18/h3-4,7-9,22H,2,5-6H2,1H3,(H,21,23). The van der Waals surface area contributed by atoms with Crippen molar-refractivity contribution in [3.8, 4) is 0 Å². The topological polar surface area (TPSA) is 64.2 Å². The summed E-state index contributed by atoms with van der Waals surface area (Å²) < 4.78 is 42.0. The van der Waals surface area contributed by atoms with Crippen LogP contribution in [0.4, 0.5) is 20.2 Å². The van der Waals surface area contributed by atoms with Crippen LogP contribution in [0.15, 0.2) is 35.2 Å². The van der Waals surface area contributed by atoms with Crippen LogP contribution in [0.3, 0.4) is 0 Å². The first-order valence-corrected chi connectivity index (χ1v) is 9.16. The van der Waals surface area contributed by atoms with E-state index in [-0.39, 0.29) is 10.8 Å². The van der Waals surface area contributed by atoms with E-state index in [1.54, 1.807) is 12.1 Å². The smallest absolute Gasteiger partial charge is 0.235 e. The van der Waals surface area contributed by atoms with Gasteiger partial charge in [-0.1, -0.05) is 6.42 Å². The van der Waals surface area contributed by atoms with E-state index in [2.05, 4.69) is 10.0 Å². The van der Waals surface area contributed by atoms with Crippen LogP contribution in [0.1, 0.15) is 30.4 Å². The van der Waals surface area contributed by atoms with E-state index < -0.39 is 28.4 Å². The van der Waals surface area contributed by atoms with Crippen molar-refractivity contribution in [2.45, 2.75) is 36.5 Å². The Morgan fingerprint density at radius 1 is 1.24 bits per heavy atom. The van der Waals surface area contributed by atoms with E-state index in [1.807, 2.05) is 6.92 Å². The molecule has 7 heteroatoms. The van der Waals surface area contributed by atoms with Gasteiger partial charge in [-0.15, -0.1) is 0 Å². The molecule has 2 N–H and O–H groups in total. The van der Waals surface area contributed by atoms with E-state index in [0.29, 0.717) is 11.8 Å². The van der Waals surface area contributed by atoms with Gasteiger partial charge >= 0.3 is 0 Å². The number of amides is 1. The van der Waals surface area contributed by atoms with Gasteiger partial charge in [0.2, 0.25) is 10.8 Å². The number of halogens is 2. The Hall–Kier alpha value is -2.12. The minimum absolute atomic E-state index is 0.0136. The maximum absolute atomic E-state index is 13.8. The van der Waals surface area contributed by atoms with Crippen LogP contribution < -0.4 is 10.0 Å². The molecule has 4 rings (SSSR count). The molecule has 1 aliphatic heterocycles. The van der Waals surface area contributed by atoms with E-state index in [0.717, 1.165) is 48.2 Å². The molecule has 0 saturated heterocycles. The molecule has 1 saturated carbocycles. The minimum Gasteiger partial charge on any atom is -0.588 e. The summed E-state index contributed by atoms with van der Waals surface area (Å²) in [6.45, 7) is 1.86. The molecule has 130 valence electrons. The zero-order valence-electron chi connectivity index (χ0n) is 13.5. The number of aryl methyl sites for hydroxylation is 1. The second-order valence-corrected chi connectivity index (χ2v) is 7.73. The number of anilines is 2. The number of benzene rings is 2. The van der Waals surface area contributed by atoms with E-state index in [1.165, 1.54) is 0 Å². The van der Waals surface area contributed by atoms with Crippen LogP contribution in [-0.2, 0) is 21.6 Å². The number of carbonyl (C=O) groups excluding carboxylic acids is 1. The molecule has 4 nitrogen and oxygen atoms in total. The maximum Gasteiger partial charge on any atom is 0.235 e. The van der Waals surface area contributed by atoms with E-state index in [9.17, 15) is 18.1 Å². The van der Waals surface area contributed by atoms with Crippen LogP contribution >= 0.6 is 0 Å². The average molecular weight is 362 g/mol. The molecule has 25 heavy (non-hydrogen) atoms. The summed E-state index contributed by atoms with van der Waals surface area (Å²) in [4.78, 5) is 12.2. The highest BCUT2D eigenvalue weighted by molar-refractivity contribution is 7.92. The summed E-state index contributed by atoms with van der Waals surface area (Å²) in [6, 6.07) is 6.49. The van der Waals surface area contributed by atoms with Gasteiger partial charge in [-0.3, -0.25) is 4.79 Å². The van der Waals surface area contributed by atoms with Gasteiger partial charge in [-0.2, -0.15) is 0 Å². The van der Waals surface area contributed by atoms with Gasteiger partial charge in [0.1, 0.15) is 17.2 Å². The zero-order chi connectivity index (χ0) is 17.8. The Balaban J connectivity index is 1.66. The Morgan fingerprint density at radius 3 is 2.64 bits per heavy atom. The third kappa shape index (κ3) is 2.49. The summed E-state index contributed by atoms with van der Waals surface area (Å²) in [5.41, 5.74) is 2.63. The summed E-state index contributed by atoms with van der Waals surface area (Å²) in [7, 11) is 0. The summed E-state index contributed by atoms with van der Waals surface area (Å²) in [6.07, 6.45) is 2.59. The highest BCUT2D eigenvalue weighted by Gasteiger charge is 2.51. The van der Waals surface area contributed by atoms with Gasteiger partial charge in [-0.25, -0.2) is 13.5 Å². The Labute approximate surface area is 146 Å². The monoisotopic (exact) mass is 362 g/mol. The Kier molecular flexibility index (Phi) is 3.73. The van der Waals surface area contributed by atoms with Gasteiger partial charge in [-0.05, 0) is 49.1 Å². The van der Waals surface area contributed by atoms with Crippen LogP contribution in [0.25, 0.3) is 0 Å². The summed E-state index contributed by atoms with van der Waals surface area (Å²) in [5, 5.41) is 2.94. The predicted molar refractivity (Wildman–Crippen MR) is 91.7 cm³/mol. The molecule has 1 unspecified atom stereocenters. The zero-order valence-corrected chi connectivity index (χ0v) is 14.3. The van der Waals surface area contributed by atoms with Crippen molar-refractivity contribution in [1.82, 2.24) is 0 Å². The molecule has 1 amide bonds. The van der Waals surface area contributed by atoms with Gasteiger partial charge in [0.05, 0.1) is 11.1 Å². The molecule has 0 aromatic heterocycles. The van der Waals surface area contributed by atoms with Crippen molar-refractivity contribution in [3.63, 3.8) is 0 Å². The van der Waals surface area contributed by atoms with Crippen LogP contribution in [0.5, 0.6) is 0 Å². The fourth-order valence-electron chi connectivity index (χ4n) is 3.56. The number of fused-ring (bicyclic) bond motifs is 2. The number of hydrogen-bond donors (Lipinski definition) is 2. The quantitative estimate of drug-likeness (QED) is 0.817. The van der Waals surface area contributed by atoms with Crippen LogP contribution in [0.2, 0.25) is 0 Å². The molecule has 1 spiro atoms. The lowest BCUT2D eigenvalue weighted by Gasteiger charge is -2.36. The number of carbonyl (C=O) groups is 1. The van der Waals surface area contributed by atoms with Gasteiger partial charge in [0.25, 0.3) is 0 Å². The molecule has 1 atom stereocenters. The molecular formula is C18H16F2N2O2S. The first-order valence-electron chi connectivity index (χ1n) is 8.01. The summed E-state index contributed by atoms with van der Waals surface area (Å²) >= 11 is -1.87. The average Bonchev–Trinajstić information content (AvgIpc) is 2.79. The number of hydrogen-bond acceptors (Lipinski definition) is 3. The SMILES string of the molecule is Cc1cc(N[S+]([O-])c2ccc(F)cc2F)cc2c1NC(=O)C21CCC1. The number of nitrogens with one attached hydrogen (secondary N) is 2. The van der Waals surface area contributed by atoms with Crippen molar-refractivity contribution in [3.05, 3.63) is 53.1 Å². The van der Waals surface area contributed by atoms with Crippen LogP contribution in [0, 0.1) is 18.6 Å². The lowest BCUT2D eigenvalue weighted by Crippen LogP contribution is -2.40. The molecular weight excluding hydrogens is 346 g/mol. The molecule has 0 radical (unpaired) electrons. The third-order valence-corrected chi connectivity index (χ3v) is 6.19. The molecule has 1 heterocycles. The van der Waals surface area contributed by atoms with E-state index in [4.69, 9.17) is 0 Å². The lowest BCUT2D eigenvalue weighted by molar-refractivity contribution is -0.123. The molecule has 2 aromatic carbocycles. The molecule has 2 aliphatic rings. The van der Waals surface area contributed by atoms with Crippen molar-refractivity contribution in [1.29, 1.82) is 0 Å². The molecule has 2 aromatic rings. The fraction of sp³-hybridized carbons (Fsp3) is 0.278. The normalized spacial score (nSPS) is 18.5. The highest BCUT2D eigenvalue weighted by Crippen LogP contribution is 2.52. The maximum atomic E-state index is 13.8. The molecule has 0 bridgehead atoms. The Bertz CT molecular complexity index is 884. The second kappa shape index (κ2) is 5.71. The van der Waals surface area contributed by atoms with Gasteiger partial charge in [0.15, 0.2) is 5.82 Å². The third-order valence-electron chi connectivity index (χ3n) is 5.04. The first kappa shape index (κ1) is 16.4. The molecule has 1 aliphatic carbocycles. The van der Waals surface area contributed by atoms with Crippen molar-refractivity contribution >= 4 is 28.6 Å². The van der Waals surface area contributed by atoms with Gasteiger partial charge < -0.3 is 9.87 Å². The largest absolute Gasteiger partial charge is 0.588 e. The molecule has 1 fully saturated rings. The lowest BCUT2D eigenvalue weighted by atomic mass is 9.65. The van der Waals surface area contributed by atoms with E-state index >= 15 is 0 Å². The Morgan fingerprint density at radius 2 is 2.00 bits per heavy atom. The van der Waals surface area contributed by atoms with Crippen molar-refractivity contribution in [2.75, 3.05) is 10.0 Å². The van der Waals surface area contributed by atoms with Crippen molar-refractivity contribution in [2.24, 2.45) is 0 Å². The summed E-state index contributed by atoms with van der Waals surface area (Å²) in [5.74, 6) is -1.57. The first-order chi connectivity index (χ1) is 11.9. The second-order valence-electron chi connectivity index (χ2n) is 6.55.